The summed E-state index contributed by atoms with van der Waals surface area (Å²) in [6.07, 6.45) is 0. The molecule has 0 fully saturated rings. The van der Waals surface area contributed by atoms with Gasteiger partial charge in [-0.2, -0.15) is 0 Å². The molecule has 10 rings (SSSR count). The fourth-order valence-corrected chi connectivity index (χ4v) is 5.76. The first-order chi connectivity index (χ1) is 36.4. The second-order valence-electron chi connectivity index (χ2n) is 10.6. The minimum absolute atomic E-state index is 0.321. The summed E-state index contributed by atoms with van der Waals surface area (Å²) in [6.45, 7) is 0. The lowest BCUT2D eigenvalue weighted by Crippen LogP contribution is -1.91. The topological polar surface area (TPSA) is 13.1 Å². The Hall–Kier alpha value is -6.44. The summed E-state index contributed by atoms with van der Waals surface area (Å²) >= 11 is 0. The smallest absolute Gasteiger partial charge is 0.143 e. The molecular weight excluding hydrogens is 593 g/mol. The van der Waals surface area contributed by atoms with Gasteiger partial charge in [-0.3, -0.25) is 0 Å². The van der Waals surface area contributed by atoms with Crippen LogP contribution in [-0.2, 0) is 0 Å². The summed E-state index contributed by atoms with van der Waals surface area (Å²) in [6, 6.07) is -25.3. The van der Waals surface area contributed by atoms with Crippen LogP contribution >= 0.6 is 0 Å². The van der Waals surface area contributed by atoms with Gasteiger partial charge in [0.05, 0.1) is 39.8 Å². The van der Waals surface area contributed by atoms with Gasteiger partial charge in [0.25, 0.3) is 0 Å². The van der Waals surface area contributed by atoms with E-state index in [1.54, 1.807) is 0 Å². The second-order valence-corrected chi connectivity index (χ2v) is 10.6. The molecule has 0 N–H and O–H groups in total. The number of rotatable bonds is 4. The minimum Gasteiger partial charge on any atom is -0.455 e. The average molecular weight is 652 g/mol. The number of hydrogen-bond acceptors (Lipinski definition) is 1. The van der Waals surface area contributed by atoms with Gasteiger partial charge in [-0.05, 0) is 83.8 Å². The lowest BCUT2D eigenvalue weighted by atomic mass is 9.85. The SMILES string of the molecule is [2H]c1cc2c(oc3c([2H])c([2H])c(-c4c([2H])c([2H])c([2H])c([2H])c4[2H])c([2H])c32)c(-c2c3c([2H])c([2H])c([2H])c([2H])c3c(-c3c([2H])c([2H])c(-c4c([2H])c([2H])c5c([2H])c([2H])c([2H])c([2H])c5c4[2H])c([2H])c3[2H])c3c([2H])c([2H])c([2H])c([2H])c23)c1[2H]. The Kier molecular flexibility index (Phi) is 2.56. The Morgan fingerprint density at radius 3 is 1.63 bits per heavy atom. The van der Waals surface area contributed by atoms with Gasteiger partial charge in [0, 0.05) is 21.9 Å². The molecule has 0 radical (unpaired) electrons. The monoisotopic (exact) mass is 651 g/mol. The van der Waals surface area contributed by atoms with E-state index in [0.29, 0.717) is 0 Å². The fraction of sp³-hybridized carbons (Fsp3) is 0. The molecular formula is C48H30O. The van der Waals surface area contributed by atoms with Crippen LogP contribution in [0.25, 0.3) is 98.8 Å². The van der Waals surface area contributed by atoms with Crippen LogP contribution in [0.1, 0.15) is 39.8 Å². The normalized spacial score (nSPS) is 20.0. The Labute approximate surface area is 325 Å². The van der Waals surface area contributed by atoms with Crippen molar-refractivity contribution in [2.24, 2.45) is 0 Å². The molecule has 0 aliphatic heterocycles. The maximum atomic E-state index is 9.55. The molecule has 228 valence electrons. The van der Waals surface area contributed by atoms with Crippen molar-refractivity contribution in [2.75, 3.05) is 0 Å². The highest BCUT2D eigenvalue weighted by Crippen LogP contribution is 2.47. The van der Waals surface area contributed by atoms with Crippen molar-refractivity contribution >= 4 is 54.3 Å². The third kappa shape index (κ3) is 4.47. The Bertz CT molecular complexity index is 4400. The summed E-state index contributed by atoms with van der Waals surface area (Å²) < 4.78 is 266. The molecule has 49 heavy (non-hydrogen) atoms. The summed E-state index contributed by atoms with van der Waals surface area (Å²) in [4.78, 5) is 0. The average Bonchev–Trinajstić information content (AvgIpc) is 3.22. The summed E-state index contributed by atoms with van der Waals surface area (Å²) in [5.41, 5.74) is -6.95. The van der Waals surface area contributed by atoms with Gasteiger partial charge in [0.1, 0.15) is 11.2 Å². The third-order valence-electron chi connectivity index (χ3n) is 7.89. The van der Waals surface area contributed by atoms with Crippen molar-refractivity contribution in [1.29, 1.82) is 0 Å². The molecule has 0 saturated carbocycles. The molecule has 0 spiro atoms. The van der Waals surface area contributed by atoms with Crippen molar-refractivity contribution in [3.05, 3.63) is 181 Å². The predicted octanol–water partition coefficient (Wildman–Crippen LogP) is 13.7. The van der Waals surface area contributed by atoms with Crippen LogP contribution in [0.15, 0.2) is 186 Å². The first-order valence-corrected chi connectivity index (χ1v) is 14.5. The quantitative estimate of drug-likeness (QED) is 0.173. The van der Waals surface area contributed by atoms with Gasteiger partial charge in [-0.25, -0.2) is 0 Å². The van der Waals surface area contributed by atoms with Crippen molar-refractivity contribution < 1.29 is 44.2 Å². The molecule has 1 aromatic heterocycles. The van der Waals surface area contributed by atoms with E-state index in [1.807, 2.05) is 0 Å². The molecule has 0 amide bonds. The number of furan rings is 1. The van der Waals surface area contributed by atoms with Crippen molar-refractivity contribution in [3.63, 3.8) is 0 Å². The van der Waals surface area contributed by atoms with E-state index in [9.17, 15) is 13.7 Å². The first-order valence-electron chi connectivity index (χ1n) is 29.0. The van der Waals surface area contributed by atoms with E-state index in [1.165, 1.54) is 0 Å². The molecule has 1 nitrogen and oxygen atoms in total. The summed E-state index contributed by atoms with van der Waals surface area (Å²) in [7, 11) is 0. The van der Waals surface area contributed by atoms with Gasteiger partial charge in [0.15, 0.2) is 0 Å². The van der Waals surface area contributed by atoms with Crippen molar-refractivity contribution in [3.8, 4) is 44.5 Å². The Morgan fingerprint density at radius 2 is 0.898 bits per heavy atom. The highest BCUT2D eigenvalue weighted by Gasteiger charge is 2.20. The lowest BCUT2D eigenvalue weighted by molar-refractivity contribution is 0.670. The van der Waals surface area contributed by atoms with E-state index in [0.717, 1.165) is 6.07 Å². The molecule has 0 aliphatic carbocycles. The first kappa shape index (κ1) is 11.3. The molecule has 1 heterocycles. The molecule has 10 aromatic rings. The zero-order valence-electron chi connectivity index (χ0n) is 53.5. The fourth-order valence-electron chi connectivity index (χ4n) is 5.76. The maximum absolute atomic E-state index is 9.55. The molecule has 0 atom stereocenters. The largest absolute Gasteiger partial charge is 0.455 e. The minimum atomic E-state index is -1.09. The zero-order valence-corrected chi connectivity index (χ0v) is 24.5. The van der Waals surface area contributed by atoms with Crippen LogP contribution in [0.5, 0.6) is 0 Å². The highest BCUT2D eigenvalue weighted by molar-refractivity contribution is 6.24. The van der Waals surface area contributed by atoms with E-state index in [4.69, 9.17) is 30.5 Å². The Morgan fingerprint density at radius 1 is 0.347 bits per heavy atom. The second kappa shape index (κ2) is 11.1. The van der Waals surface area contributed by atoms with E-state index in [2.05, 4.69) is 0 Å². The van der Waals surface area contributed by atoms with Crippen LogP contribution < -0.4 is 0 Å². The molecule has 1 heteroatoms. The van der Waals surface area contributed by atoms with Gasteiger partial charge >= 0.3 is 0 Å². The van der Waals surface area contributed by atoms with E-state index < -0.39 is 269 Å². The van der Waals surface area contributed by atoms with E-state index >= 15 is 0 Å². The summed E-state index contributed by atoms with van der Waals surface area (Å²) in [5, 5.41) is -4.76. The standard InChI is InChI=1S/C48H30O/c1-2-11-31(12-3-1)37-27-28-45-44(30-37)42-19-10-20-43(48(42)49-45)47-40-17-8-6-15-38(40)46(39-16-7-9-18-41(39)47)34-24-21-33(22-25-34)36-26-23-32-13-4-5-14-35(32)29-36/h1-30H/i1D,2D,3D,4D,5D,6D,7D,8D,9D,10D,11D,12D,13D,14D,15D,16D,17D,18D,20D,21D,22D,23D,24D,25D,26D,27D,28D,29D,30D. The van der Waals surface area contributed by atoms with Crippen molar-refractivity contribution in [1.82, 2.24) is 0 Å². The zero-order chi connectivity index (χ0) is 57.5. The van der Waals surface area contributed by atoms with Gasteiger partial charge in [-0.1, -0.05) is 163 Å². The van der Waals surface area contributed by atoms with Gasteiger partial charge < -0.3 is 4.42 Å². The third-order valence-corrected chi connectivity index (χ3v) is 7.89. The van der Waals surface area contributed by atoms with Crippen molar-refractivity contribution in [2.45, 2.75) is 0 Å². The van der Waals surface area contributed by atoms with Crippen LogP contribution in [0.2, 0.25) is 0 Å². The molecule has 9 aromatic carbocycles. The number of hydrogen-bond donors (Lipinski definition) is 0. The highest BCUT2D eigenvalue weighted by atomic mass is 16.3. The lowest BCUT2D eigenvalue weighted by Gasteiger charge is -2.18. The van der Waals surface area contributed by atoms with Crippen LogP contribution in [0.4, 0.5) is 0 Å². The number of fused-ring (bicyclic) bond motifs is 6. The van der Waals surface area contributed by atoms with E-state index in [-0.39, 0.29) is 5.39 Å². The molecule has 0 aliphatic rings. The Balaban J connectivity index is 1.42. The van der Waals surface area contributed by atoms with Gasteiger partial charge in [-0.15, -0.1) is 0 Å². The maximum Gasteiger partial charge on any atom is 0.143 e. The number of para-hydroxylation sites is 1. The van der Waals surface area contributed by atoms with Crippen LogP contribution in [0, 0.1) is 0 Å². The van der Waals surface area contributed by atoms with Gasteiger partial charge in [0.2, 0.25) is 0 Å². The molecule has 0 saturated heterocycles. The van der Waals surface area contributed by atoms with Crippen LogP contribution in [-0.4, -0.2) is 0 Å². The predicted molar refractivity (Wildman–Crippen MR) is 208 cm³/mol. The molecule has 0 bridgehead atoms. The van der Waals surface area contributed by atoms with Crippen LogP contribution in [0.3, 0.4) is 0 Å². The molecule has 0 unspecified atom stereocenters. The summed E-state index contributed by atoms with van der Waals surface area (Å²) in [5.74, 6) is 0. The number of benzene rings is 9.